The highest BCUT2D eigenvalue weighted by atomic mass is 19.4. The molecule has 0 saturated carbocycles. The van der Waals surface area contributed by atoms with Gasteiger partial charge in [-0.2, -0.15) is 13.2 Å². The normalized spacial score (nSPS) is 12.8. The number of methoxy groups -OCH3 is 1. The van der Waals surface area contributed by atoms with Crippen LogP contribution in [-0.2, 0) is 14.3 Å². The van der Waals surface area contributed by atoms with Gasteiger partial charge in [-0.05, 0) is 13.0 Å². The fourth-order valence-corrected chi connectivity index (χ4v) is 0.603. The van der Waals surface area contributed by atoms with E-state index in [4.69, 9.17) is 0 Å². The van der Waals surface area contributed by atoms with Crippen LogP contribution in [0, 0.1) is 0 Å². The minimum Gasteiger partial charge on any atom is -0.466 e. The SMILES string of the molecule is COC(=O)C(C)=CCOCC(F)(F)F. The molecule has 0 saturated heterocycles. The second-order valence-electron chi connectivity index (χ2n) is 2.51. The molecule has 0 rings (SSSR count). The maximum absolute atomic E-state index is 11.6. The number of alkyl halides is 3. The van der Waals surface area contributed by atoms with Crippen molar-refractivity contribution < 1.29 is 27.4 Å². The van der Waals surface area contributed by atoms with Crippen LogP contribution < -0.4 is 0 Å². The number of rotatable bonds is 4. The monoisotopic (exact) mass is 212 g/mol. The number of esters is 1. The topological polar surface area (TPSA) is 35.5 Å². The molecule has 0 aromatic rings. The smallest absolute Gasteiger partial charge is 0.411 e. The van der Waals surface area contributed by atoms with Crippen molar-refractivity contribution >= 4 is 5.97 Å². The highest BCUT2D eigenvalue weighted by Gasteiger charge is 2.27. The predicted molar refractivity (Wildman–Crippen MR) is 42.6 cm³/mol. The number of ether oxygens (including phenoxy) is 2. The summed E-state index contributed by atoms with van der Waals surface area (Å²) in [7, 11) is 1.19. The summed E-state index contributed by atoms with van der Waals surface area (Å²) in [5.41, 5.74) is 0.217. The Morgan fingerprint density at radius 2 is 2.00 bits per heavy atom. The van der Waals surface area contributed by atoms with Gasteiger partial charge in [0.05, 0.1) is 13.7 Å². The molecule has 6 heteroatoms. The Balaban J connectivity index is 3.77. The van der Waals surface area contributed by atoms with E-state index in [1.54, 1.807) is 0 Å². The number of hydrogen-bond acceptors (Lipinski definition) is 3. The molecule has 0 N–H and O–H groups in total. The molecular weight excluding hydrogens is 201 g/mol. The molecule has 0 bridgehead atoms. The van der Waals surface area contributed by atoms with Gasteiger partial charge >= 0.3 is 12.1 Å². The summed E-state index contributed by atoms with van der Waals surface area (Å²) >= 11 is 0. The third-order valence-electron chi connectivity index (χ3n) is 1.28. The van der Waals surface area contributed by atoms with Crippen LogP contribution in [0.25, 0.3) is 0 Å². The summed E-state index contributed by atoms with van der Waals surface area (Å²) in [6.07, 6.45) is -3.11. The third kappa shape index (κ3) is 6.47. The van der Waals surface area contributed by atoms with Gasteiger partial charge in [-0.15, -0.1) is 0 Å². The van der Waals surface area contributed by atoms with E-state index in [0.29, 0.717) is 0 Å². The van der Waals surface area contributed by atoms with Crippen LogP contribution in [0.2, 0.25) is 0 Å². The average Bonchev–Trinajstić information content (AvgIpc) is 2.09. The lowest BCUT2D eigenvalue weighted by molar-refractivity contribution is -0.171. The molecule has 0 aliphatic heterocycles. The van der Waals surface area contributed by atoms with E-state index in [9.17, 15) is 18.0 Å². The van der Waals surface area contributed by atoms with E-state index in [1.807, 2.05) is 0 Å². The molecule has 3 nitrogen and oxygen atoms in total. The molecule has 0 aromatic heterocycles. The summed E-state index contributed by atoms with van der Waals surface area (Å²) in [6, 6.07) is 0. The first-order valence-corrected chi connectivity index (χ1v) is 3.76. The van der Waals surface area contributed by atoms with Crippen molar-refractivity contribution in [1.29, 1.82) is 0 Å². The van der Waals surface area contributed by atoms with E-state index >= 15 is 0 Å². The Hall–Kier alpha value is -1.04. The molecule has 0 amide bonds. The molecule has 0 heterocycles. The summed E-state index contributed by atoms with van der Waals surface area (Å²) in [5.74, 6) is -0.583. The molecule has 0 aliphatic rings. The standard InChI is InChI=1S/C8H11F3O3/c1-6(7(12)13-2)3-4-14-5-8(9,10)11/h3H,4-5H2,1-2H3. The minimum absolute atomic E-state index is 0.217. The van der Waals surface area contributed by atoms with Crippen molar-refractivity contribution in [1.82, 2.24) is 0 Å². The van der Waals surface area contributed by atoms with E-state index < -0.39 is 18.8 Å². The molecule has 0 fully saturated rings. The molecule has 0 aromatic carbocycles. The summed E-state index contributed by atoms with van der Waals surface area (Å²) in [6.45, 7) is -0.152. The van der Waals surface area contributed by atoms with E-state index in [-0.39, 0.29) is 12.2 Å². The van der Waals surface area contributed by atoms with Crippen molar-refractivity contribution in [2.24, 2.45) is 0 Å². The van der Waals surface area contributed by atoms with Crippen molar-refractivity contribution in [3.05, 3.63) is 11.6 Å². The number of halogens is 3. The highest BCUT2D eigenvalue weighted by Crippen LogP contribution is 2.14. The molecule has 14 heavy (non-hydrogen) atoms. The lowest BCUT2D eigenvalue weighted by atomic mass is 10.3. The first-order chi connectivity index (χ1) is 6.37. The predicted octanol–water partition coefficient (Wildman–Crippen LogP) is 1.68. The number of carbonyl (C=O) groups excluding carboxylic acids is 1. The van der Waals surface area contributed by atoms with E-state index in [0.717, 1.165) is 0 Å². The maximum atomic E-state index is 11.6. The van der Waals surface area contributed by atoms with E-state index in [1.165, 1.54) is 20.1 Å². The lowest BCUT2D eigenvalue weighted by Crippen LogP contribution is -2.17. The molecule has 0 atom stereocenters. The van der Waals surface area contributed by atoms with Crippen molar-refractivity contribution in [3.8, 4) is 0 Å². The first kappa shape index (κ1) is 13.0. The lowest BCUT2D eigenvalue weighted by Gasteiger charge is -2.05. The second-order valence-corrected chi connectivity index (χ2v) is 2.51. The number of carbonyl (C=O) groups is 1. The van der Waals surface area contributed by atoms with Crippen LogP contribution >= 0.6 is 0 Å². The van der Waals surface area contributed by atoms with Crippen molar-refractivity contribution in [2.75, 3.05) is 20.3 Å². The maximum Gasteiger partial charge on any atom is 0.411 e. The van der Waals surface area contributed by atoms with Gasteiger partial charge in [-0.3, -0.25) is 0 Å². The van der Waals surface area contributed by atoms with Gasteiger partial charge in [-0.25, -0.2) is 4.79 Å². The van der Waals surface area contributed by atoms with Gasteiger partial charge < -0.3 is 9.47 Å². The van der Waals surface area contributed by atoms with Gasteiger partial charge in [-0.1, -0.05) is 0 Å². The summed E-state index contributed by atoms with van der Waals surface area (Å²) < 4.78 is 43.3. The summed E-state index contributed by atoms with van der Waals surface area (Å²) in [5, 5.41) is 0. The largest absolute Gasteiger partial charge is 0.466 e. The Morgan fingerprint density at radius 3 is 2.43 bits per heavy atom. The molecular formula is C8H11F3O3. The molecule has 0 spiro atoms. The fourth-order valence-electron chi connectivity index (χ4n) is 0.603. The molecule has 0 aliphatic carbocycles. The van der Waals surface area contributed by atoms with Crippen LogP contribution in [-0.4, -0.2) is 32.5 Å². The van der Waals surface area contributed by atoms with Gasteiger partial charge in [0.25, 0.3) is 0 Å². The van der Waals surface area contributed by atoms with Crippen LogP contribution in [0.3, 0.4) is 0 Å². The van der Waals surface area contributed by atoms with Crippen LogP contribution in [0.4, 0.5) is 13.2 Å². The Bertz CT molecular complexity index is 220. The van der Waals surface area contributed by atoms with Crippen LogP contribution in [0.1, 0.15) is 6.92 Å². The zero-order valence-electron chi connectivity index (χ0n) is 7.85. The average molecular weight is 212 g/mol. The van der Waals surface area contributed by atoms with Crippen molar-refractivity contribution in [2.45, 2.75) is 13.1 Å². The van der Waals surface area contributed by atoms with Crippen molar-refractivity contribution in [3.63, 3.8) is 0 Å². The third-order valence-corrected chi connectivity index (χ3v) is 1.28. The van der Waals surface area contributed by atoms with Gasteiger partial charge in [0, 0.05) is 5.57 Å². The zero-order valence-corrected chi connectivity index (χ0v) is 7.85. The second kappa shape index (κ2) is 5.64. The first-order valence-electron chi connectivity index (χ1n) is 3.76. The van der Waals surface area contributed by atoms with Gasteiger partial charge in [0.1, 0.15) is 6.61 Å². The zero-order chi connectivity index (χ0) is 11.2. The summed E-state index contributed by atoms with van der Waals surface area (Å²) in [4.78, 5) is 10.7. The fraction of sp³-hybridized carbons (Fsp3) is 0.625. The van der Waals surface area contributed by atoms with E-state index in [2.05, 4.69) is 9.47 Å². The quantitative estimate of drug-likeness (QED) is 0.404. The highest BCUT2D eigenvalue weighted by molar-refractivity contribution is 5.87. The number of hydrogen-bond donors (Lipinski definition) is 0. The Morgan fingerprint density at radius 1 is 1.43 bits per heavy atom. The van der Waals surface area contributed by atoms with Gasteiger partial charge in [0.15, 0.2) is 0 Å². The van der Waals surface area contributed by atoms with Crippen LogP contribution in [0.15, 0.2) is 11.6 Å². The van der Waals surface area contributed by atoms with Crippen LogP contribution in [0.5, 0.6) is 0 Å². The molecule has 82 valence electrons. The Kier molecular flexibility index (Phi) is 5.22. The minimum atomic E-state index is -4.34. The molecule has 0 unspecified atom stereocenters. The Labute approximate surface area is 79.5 Å². The molecule has 0 radical (unpaired) electrons. The van der Waals surface area contributed by atoms with Gasteiger partial charge in [0.2, 0.25) is 0 Å².